The lowest BCUT2D eigenvalue weighted by molar-refractivity contribution is 0.174. The fourth-order valence-electron chi connectivity index (χ4n) is 3.27. The van der Waals surface area contributed by atoms with Gasteiger partial charge in [0.05, 0.1) is 0 Å². The molecule has 3 rings (SSSR count). The molecular formula is C17H24ClN3O. The van der Waals surface area contributed by atoms with E-state index in [4.69, 9.17) is 11.6 Å². The lowest BCUT2D eigenvalue weighted by Gasteiger charge is -2.33. The number of carbonyl (C=O) groups excluding carboxylic acids is 1. The van der Waals surface area contributed by atoms with Gasteiger partial charge >= 0.3 is 6.03 Å². The van der Waals surface area contributed by atoms with E-state index in [9.17, 15) is 4.79 Å². The van der Waals surface area contributed by atoms with Crippen LogP contribution in [0, 0.1) is 0 Å². The molecule has 120 valence electrons. The Hall–Kier alpha value is -1.26. The van der Waals surface area contributed by atoms with Crippen LogP contribution in [0.3, 0.4) is 0 Å². The first-order valence-corrected chi connectivity index (χ1v) is 8.61. The maximum absolute atomic E-state index is 12.1. The molecule has 1 aromatic rings. The predicted octanol–water partition coefficient (Wildman–Crippen LogP) is 3.11. The minimum Gasteiger partial charge on any atom is -0.335 e. The third kappa shape index (κ3) is 4.14. The number of nitrogens with one attached hydrogen (secondary N) is 1. The van der Waals surface area contributed by atoms with Crippen LogP contribution in [0.1, 0.15) is 31.2 Å². The summed E-state index contributed by atoms with van der Waals surface area (Å²) < 4.78 is 0. The Morgan fingerprint density at radius 2 is 1.73 bits per heavy atom. The Labute approximate surface area is 137 Å². The van der Waals surface area contributed by atoms with Gasteiger partial charge in [0, 0.05) is 43.8 Å². The van der Waals surface area contributed by atoms with Crippen LogP contribution in [-0.2, 0) is 6.54 Å². The molecule has 0 unspecified atom stereocenters. The Balaban J connectivity index is 1.42. The summed E-state index contributed by atoms with van der Waals surface area (Å²) in [6, 6.07) is 8.52. The maximum atomic E-state index is 12.1. The number of carbonyl (C=O) groups is 1. The zero-order valence-electron chi connectivity index (χ0n) is 12.9. The van der Waals surface area contributed by atoms with Crippen LogP contribution in [-0.4, -0.2) is 48.1 Å². The molecular weight excluding hydrogens is 298 g/mol. The van der Waals surface area contributed by atoms with Gasteiger partial charge in [0.25, 0.3) is 0 Å². The van der Waals surface area contributed by atoms with Crippen LogP contribution < -0.4 is 5.32 Å². The van der Waals surface area contributed by atoms with Crippen LogP contribution in [0.25, 0.3) is 0 Å². The molecule has 1 N–H and O–H groups in total. The van der Waals surface area contributed by atoms with Gasteiger partial charge in [-0.05, 0) is 43.4 Å². The van der Waals surface area contributed by atoms with E-state index in [2.05, 4.69) is 22.3 Å². The van der Waals surface area contributed by atoms with Gasteiger partial charge in [-0.3, -0.25) is 4.90 Å². The summed E-state index contributed by atoms with van der Waals surface area (Å²) in [4.78, 5) is 16.5. The van der Waals surface area contributed by atoms with E-state index < -0.39 is 0 Å². The molecule has 2 fully saturated rings. The fraction of sp³-hybridized carbons (Fsp3) is 0.588. The average Bonchev–Trinajstić information content (AvgIpc) is 3.06. The summed E-state index contributed by atoms with van der Waals surface area (Å²) in [6.45, 7) is 4.87. The number of rotatable bonds is 3. The molecule has 5 heteroatoms. The highest BCUT2D eigenvalue weighted by Gasteiger charge is 2.24. The van der Waals surface area contributed by atoms with Crippen molar-refractivity contribution in [2.45, 2.75) is 38.3 Å². The monoisotopic (exact) mass is 321 g/mol. The molecule has 0 bridgehead atoms. The first kappa shape index (κ1) is 15.6. The molecule has 0 spiro atoms. The highest BCUT2D eigenvalue weighted by Crippen LogP contribution is 2.16. The molecule has 1 aromatic carbocycles. The van der Waals surface area contributed by atoms with Crippen LogP contribution in [0.2, 0.25) is 5.02 Å². The second-order valence-corrected chi connectivity index (χ2v) is 6.76. The first-order chi connectivity index (χ1) is 10.7. The summed E-state index contributed by atoms with van der Waals surface area (Å²) in [6.07, 6.45) is 4.36. The van der Waals surface area contributed by atoms with Crippen LogP contribution in [0.15, 0.2) is 24.3 Å². The molecule has 0 atom stereocenters. The second-order valence-electron chi connectivity index (χ2n) is 6.32. The average molecular weight is 322 g/mol. The standard InChI is InChI=1S/C17H24ClN3O/c18-15-5-3-14(4-6-15)13-20-11-7-16(8-12-20)19-17(22)21-9-1-2-10-21/h3-6,16H,1-2,7-13H2,(H,19,22). The summed E-state index contributed by atoms with van der Waals surface area (Å²) in [5, 5.41) is 3.98. The van der Waals surface area contributed by atoms with Crippen molar-refractivity contribution in [2.24, 2.45) is 0 Å². The molecule has 0 aliphatic carbocycles. The Bertz CT molecular complexity index is 491. The van der Waals surface area contributed by atoms with Crippen LogP contribution in [0.5, 0.6) is 0 Å². The smallest absolute Gasteiger partial charge is 0.317 e. The van der Waals surface area contributed by atoms with Gasteiger partial charge in [0.1, 0.15) is 0 Å². The minimum absolute atomic E-state index is 0.133. The van der Waals surface area contributed by atoms with E-state index in [1.54, 1.807) is 0 Å². The molecule has 0 aromatic heterocycles. The lowest BCUT2D eigenvalue weighted by atomic mass is 10.0. The Morgan fingerprint density at radius 3 is 2.36 bits per heavy atom. The van der Waals surface area contributed by atoms with Gasteiger partial charge in [-0.15, -0.1) is 0 Å². The topological polar surface area (TPSA) is 35.6 Å². The number of amides is 2. The third-order valence-corrected chi connectivity index (χ3v) is 4.88. The molecule has 0 saturated carbocycles. The molecule has 2 aliphatic rings. The Kier molecular flexibility index (Phi) is 5.21. The van der Waals surface area contributed by atoms with Crippen molar-refractivity contribution in [1.29, 1.82) is 0 Å². The van der Waals surface area contributed by atoms with Crippen molar-refractivity contribution >= 4 is 17.6 Å². The van der Waals surface area contributed by atoms with Crippen molar-refractivity contribution in [3.8, 4) is 0 Å². The highest BCUT2D eigenvalue weighted by atomic mass is 35.5. The van der Waals surface area contributed by atoms with E-state index in [1.807, 2.05) is 17.0 Å². The Morgan fingerprint density at radius 1 is 1.09 bits per heavy atom. The molecule has 22 heavy (non-hydrogen) atoms. The van der Waals surface area contributed by atoms with E-state index in [-0.39, 0.29) is 6.03 Å². The third-order valence-electron chi connectivity index (χ3n) is 4.63. The van der Waals surface area contributed by atoms with E-state index in [1.165, 1.54) is 5.56 Å². The van der Waals surface area contributed by atoms with Crippen molar-refractivity contribution in [1.82, 2.24) is 15.1 Å². The number of piperidine rings is 1. The van der Waals surface area contributed by atoms with Crippen molar-refractivity contribution in [3.63, 3.8) is 0 Å². The van der Waals surface area contributed by atoms with Gasteiger partial charge in [-0.25, -0.2) is 4.79 Å². The molecule has 0 radical (unpaired) electrons. The first-order valence-electron chi connectivity index (χ1n) is 8.23. The SMILES string of the molecule is O=C(NC1CCN(Cc2ccc(Cl)cc2)CC1)N1CCCC1. The lowest BCUT2D eigenvalue weighted by Crippen LogP contribution is -2.48. The van der Waals surface area contributed by atoms with Gasteiger partial charge in [0.15, 0.2) is 0 Å². The normalized spacial score (nSPS) is 20.3. The number of likely N-dealkylation sites (tertiary alicyclic amines) is 2. The fourth-order valence-corrected chi connectivity index (χ4v) is 3.40. The predicted molar refractivity (Wildman–Crippen MR) is 89.1 cm³/mol. The summed E-state index contributed by atoms with van der Waals surface area (Å²) in [5.41, 5.74) is 1.30. The zero-order chi connectivity index (χ0) is 15.4. The van der Waals surface area contributed by atoms with Gasteiger partial charge < -0.3 is 10.2 Å². The van der Waals surface area contributed by atoms with E-state index >= 15 is 0 Å². The number of halogens is 1. The number of hydrogen-bond acceptors (Lipinski definition) is 2. The van der Waals surface area contributed by atoms with Gasteiger partial charge in [0.2, 0.25) is 0 Å². The highest BCUT2D eigenvalue weighted by molar-refractivity contribution is 6.30. The number of hydrogen-bond donors (Lipinski definition) is 1. The van der Waals surface area contributed by atoms with Crippen molar-refractivity contribution < 1.29 is 4.79 Å². The summed E-state index contributed by atoms with van der Waals surface area (Å²) in [5.74, 6) is 0. The van der Waals surface area contributed by atoms with E-state index in [0.717, 1.165) is 63.4 Å². The molecule has 2 saturated heterocycles. The van der Waals surface area contributed by atoms with E-state index in [0.29, 0.717) is 6.04 Å². The largest absolute Gasteiger partial charge is 0.335 e. The van der Waals surface area contributed by atoms with Crippen LogP contribution in [0.4, 0.5) is 4.79 Å². The maximum Gasteiger partial charge on any atom is 0.317 e. The van der Waals surface area contributed by atoms with Gasteiger partial charge in [-0.2, -0.15) is 0 Å². The number of urea groups is 1. The molecule has 2 aliphatic heterocycles. The zero-order valence-corrected chi connectivity index (χ0v) is 13.7. The summed E-state index contributed by atoms with van der Waals surface area (Å²) >= 11 is 5.92. The number of nitrogens with zero attached hydrogens (tertiary/aromatic N) is 2. The van der Waals surface area contributed by atoms with Gasteiger partial charge in [-0.1, -0.05) is 23.7 Å². The minimum atomic E-state index is 0.133. The van der Waals surface area contributed by atoms with Crippen LogP contribution >= 0.6 is 11.6 Å². The van der Waals surface area contributed by atoms with Crippen molar-refractivity contribution in [2.75, 3.05) is 26.2 Å². The second kappa shape index (κ2) is 7.34. The molecule has 2 heterocycles. The quantitative estimate of drug-likeness (QED) is 0.928. The molecule has 4 nitrogen and oxygen atoms in total. The van der Waals surface area contributed by atoms with Crippen molar-refractivity contribution in [3.05, 3.63) is 34.9 Å². The number of benzene rings is 1. The summed E-state index contributed by atoms with van der Waals surface area (Å²) in [7, 11) is 0. The molecule has 2 amide bonds.